The summed E-state index contributed by atoms with van der Waals surface area (Å²) in [7, 11) is 3.82. The van der Waals surface area contributed by atoms with E-state index in [9.17, 15) is 24.0 Å². The molecule has 0 aliphatic carbocycles. The molecule has 0 fully saturated rings. The second kappa shape index (κ2) is 15.4. The minimum atomic E-state index is -1.34. The van der Waals surface area contributed by atoms with Crippen LogP contribution in [0.5, 0.6) is 0 Å². The van der Waals surface area contributed by atoms with Gasteiger partial charge in [-0.2, -0.15) is 0 Å². The zero-order chi connectivity index (χ0) is 28.1. The van der Waals surface area contributed by atoms with Crippen LogP contribution in [-0.2, 0) is 24.0 Å². The van der Waals surface area contributed by atoms with Gasteiger partial charge in [0.25, 0.3) is 0 Å². The monoisotopic (exact) mass is 512 g/mol. The maximum atomic E-state index is 13.0. The number of carbonyl (C=O) groups excluding carboxylic acids is 5. The van der Waals surface area contributed by atoms with Crippen molar-refractivity contribution in [3.05, 3.63) is 0 Å². The summed E-state index contributed by atoms with van der Waals surface area (Å²) in [4.78, 5) is 64.5. The van der Waals surface area contributed by atoms with Gasteiger partial charge in [-0.25, -0.2) is 0 Å². The standard InChI is InChI=1S/C25H48N6O5/c1-10-11-20(33)28-18(16-17(2)3)21(34)29-25(6,7)23(36)30-24(4,5)22(35)27-13-12-19(32)26-14-15-31(8)9/h17-18H,10-16H2,1-9H3,(H,26,32)(H,27,35)(H,28,33)(H,29,34)(H,30,36). The molecule has 0 aliphatic rings. The summed E-state index contributed by atoms with van der Waals surface area (Å²) in [5, 5.41) is 13.5. The van der Waals surface area contributed by atoms with Gasteiger partial charge in [-0.05, 0) is 60.5 Å². The highest BCUT2D eigenvalue weighted by Crippen LogP contribution is 2.11. The molecule has 11 nitrogen and oxygen atoms in total. The van der Waals surface area contributed by atoms with Crippen molar-refractivity contribution in [2.45, 2.75) is 91.3 Å². The lowest BCUT2D eigenvalue weighted by molar-refractivity contribution is -0.138. The predicted molar refractivity (Wildman–Crippen MR) is 140 cm³/mol. The van der Waals surface area contributed by atoms with Gasteiger partial charge in [0.2, 0.25) is 29.5 Å². The minimum absolute atomic E-state index is 0.117. The Labute approximate surface area is 216 Å². The van der Waals surface area contributed by atoms with Gasteiger partial charge in [-0.1, -0.05) is 20.8 Å². The maximum Gasteiger partial charge on any atom is 0.246 e. The second-order valence-electron chi connectivity index (χ2n) is 10.9. The summed E-state index contributed by atoms with van der Waals surface area (Å²) in [5.74, 6) is -1.72. The fourth-order valence-electron chi connectivity index (χ4n) is 3.16. The van der Waals surface area contributed by atoms with Gasteiger partial charge in [0.1, 0.15) is 17.1 Å². The minimum Gasteiger partial charge on any atom is -0.355 e. The number of hydrogen-bond acceptors (Lipinski definition) is 6. The normalized spacial score (nSPS) is 12.6. The molecule has 0 aromatic heterocycles. The highest BCUT2D eigenvalue weighted by Gasteiger charge is 2.38. The van der Waals surface area contributed by atoms with E-state index in [-0.39, 0.29) is 30.7 Å². The van der Waals surface area contributed by atoms with Gasteiger partial charge >= 0.3 is 0 Å². The first-order chi connectivity index (χ1) is 16.5. The van der Waals surface area contributed by atoms with Crippen molar-refractivity contribution in [2.75, 3.05) is 33.7 Å². The third-order valence-corrected chi connectivity index (χ3v) is 5.35. The summed E-state index contributed by atoms with van der Waals surface area (Å²) in [5.41, 5.74) is -2.63. The summed E-state index contributed by atoms with van der Waals surface area (Å²) in [6.45, 7) is 13.3. The molecule has 0 aromatic carbocycles. The topological polar surface area (TPSA) is 149 Å². The van der Waals surface area contributed by atoms with Crippen LogP contribution in [0.2, 0.25) is 0 Å². The van der Waals surface area contributed by atoms with Crippen molar-refractivity contribution in [2.24, 2.45) is 5.92 Å². The predicted octanol–water partition coefficient (Wildman–Crippen LogP) is 0.291. The molecule has 0 heterocycles. The molecule has 0 bridgehead atoms. The number of nitrogens with zero attached hydrogens (tertiary/aromatic N) is 1. The molecule has 208 valence electrons. The van der Waals surface area contributed by atoms with Crippen molar-refractivity contribution < 1.29 is 24.0 Å². The molecule has 1 unspecified atom stereocenters. The van der Waals surface area contributed by atoms with Crippen LogP contribution in [0.15, 0.2) is 0 Å². The molecular weight excluding hydrogens is 464 g/mol. The molecule has 0 aromatic rings. The molecule has 5 N–H and O–H groups in total. The number of likely N-dealkylation sites (N-methyl/N-ethyl adjacent to an activating group) is 1. The Hall–Kier alpha value is -2.69. The summed E-state index contributed by atoms with van der Waals surface area (Å²) in [6.07, 6.45) is 1.52. The lowest BCUT2D eigenvalue weighted by atomic mass is 9.97. The van der Waals surface area contributed by atoms with Crippen molar-refractivity contribution in [3.8, 4) is 0 Å². The Morgan fingerprint density at radius 1 is 0.778 bits per heavy atom. The number of nitrogens with one attached hydrogen (secondary N) is 5. The van der Waals surface area contributed by atoms with E-state index < -0.39 is 34.8 Å². The van der Waals surface area contributed by atoms with Crippen LogP contribution < -0.4 is 26.6 Å². The number of hydrogen-bond donors (Lipinski definition) is 5. The lowest BCUT2D eigenvalue weighted by Gasteiger charge is -2.33. The average molecular weight is 513 g/mol. The molecule has 11 heteroatoms. The van der Waals surface area contributed by atoms with Crippen LogP contribution in [0, 0.1) is 5.92 Å². The van der Waals surface area contributed by atoms with Crippen LogP contribution in [0.4, 0.5) is 0 Å². The van der Waals surface area contributed by atoms with Crippen LogP contribution >= 0.6 is 0 Å². The first-order valence-electron chi connectivity index (χ1n) is 12.7. The fourth-order valence-corrected chi connectivity index (χ4v) is 3.16. The van der Waals surface area contributed by atoms with Gasteiger partial charge in [-0.3, -0.25) is 24.0 Å². The summed E-state index contributed by atoms with van der Waals surface area (Å²) in [6, 6.07) is -0.767. The Morgan fingerprint density at radius 2 is 1.36 bits per heavy atom. The van der Waals surface area contributed by atoms with Crippen LogP contribution in [0.1, 0.15) is 74.1 Å². The second-order valence-corrected chi connectivity index (χ2v) is 10.9. The van der Waals surface area contributed by atoms with Gasteiger partial charge < -0.3 is 31.5 Å². The smallest absolute Gasteiger partial charge is 0.246 e. The van der Waals surface area contributed by atoms with Crippen LogP contribution in [0.25, 0.3) is 0 Å². The van der Waals surface area contributed by atoms with Crippen LogP contribution in [0.3, 0.4) is 0 Å². The SMILES string of the molecule is CCCC(=O)NC(CC(C)C)C(=O)NC(C)(C)C(=O)NC(C)(C)C(=O)NCCC(=O)NCCN(C)C. The molecule has 0 spiro atoms. The van der Waals surface area contributed by atoms with Crippen LogP contribution in [-0.4, -0.2) is 85.3 Å². The molecule has 5 amide bonds. The van der Waals surface area contributed by atoms with Gasteiger partial charge in [0, 0.05) is 32.5 Å². The van der Waals surface area contributed by atoms with E-state index >= 15 is 0 Å². The number of rotatable bonds is 16. The quantitative estimate of drug-likeness (QED) is 0.201. The molecule has 36 heavy (non-hydrogen) atoms. The molecule has 0 radical (unpaired) electrons. The third-order valence-electron chi connectivity index (χ3n) is 5.35. The summed E-state index contributed by atoms with van der Waals surface area (Å²) < 4.78 is 0. The van der Waals surface area contributed by atoms with Gasteiger partial charge in [-0.15, -0.1) is 0 Å². The zero-order valence-electron chi connectivity index (χ0n) is 23.6. The zero-order valence-corrected chi connectivity index (χ0v) is 23.6. The van der Waals surface area contributed by atoms with E-state index in [2.05, 4.69) is 26.6 Å². The van der Waals surface area contributed by atoms with E-state index in [0.717, 1.165) is 0 Å². The van der Waals surface area contributed by atoms with Crippen molar-refractivity contribution in [1.82, 2.24) is 31.5 Å². The van der Waals surface area contributed by atoms with E-state index in [1.54, 1.807) is 13.8 Å². The van der Waals surface area contributed by atoms with E-state index in [1.807, 2.05) is 39.8 Å². The molecule has 0 rings (SSSR count). The van der Waals surface area contributed by atoms with E-state index in [0.29, 0.717) is 32.4 Å². The Balaban J connectivity index is 4.94. The molecule has 1 atom stereocenters. The average Bonchev–Trinajstić information content (AvgIpc) is 2.72. The molecule has 0 saturated heterocycles. The van der Waals surface area contributed by atoms with E-state index in [1.165, 1.54) is 13.8 Å². The van der Waals surface area contributed by atoms with Crippen molar-refractivity contribution >= 4 is 29.5 Å². The van der Waals surface area contributed by atoms with Crippen molar-refractivity contribution in [3.63, 3.8) is 0 Å². The largest absolute Gasteiger partial charge is 0.355 e. The number of carbonyl (C=O) groups is 5. The Bertz CT molecular complexity index is 764. The van der Waals surface area contributed by atoms with E-state index in [4.69, 9.17) is 0 Å². The van der Waals surface area contributed by atoms with Gasteiger partial charge in [0.05, 0.1) is 0 Å². The highest BCUT2D eigenvalue weighted by atomic mass is 16.2. The van der Waals surface area contributed by atoms with Gasteiger partial charge in [0.15, 0.2) is 0 Å². The first-order valence-corrected chi connectivity index (χ1v) is 12.7. The molecule has 0 aliphatic heterocycles. The fraction of sp³-hybridized carbons (Fsp3) is 0.800. The maximum absolute atomic E-state index is 13.0. The third kappa shape index (κ3) is 13.4. The molecular formula is C25H48N6O5. The number of amides is 5. The lowest BCUT2D eigenvalue weighted by Crippen LogP contribution is -2.64. The first kappa shape index (κ1) is 33.3. The molecule has 0 saturated carbocycles. The summed E-state index contributed by atoms with van der Waals surface area (Å²) >= 11 is 0. The van der Waals surface area contributed by atoms with Crippen molar-refractivity contribution in [1.29, 1.82) is 0 Å². The highest BCUT2D eigenvalue weighted by molar-refractivity contribution is 5.97. The Morgan fingerprint density at radius 3 is 1.89 bits per heavy atom. The Kier molecular flexibility index (Phi) is 14.3.